The molecule has 1 fully saturated rings. The van der Waals surface area contributed by atoms with Gasteiger partial charge in [0.15, 0.2) is 5.96 Å². The molecule has 0 aromatic heterocycles. The van der Waals surface area contributed by atoms with Gasteiger partial charge in [0, 0.05) is 13.1 Å². The smallest absolute Gasteiger partial charge is 0.326 e. The minimum atomic E-state index is -1.86. The monoisotopic (exact) mass is 1180 g/mol. The highest BCUT2D eigenvalue weighted by Crippen LogP contribution is 2.17. The molecule has 82 heavy (non-hydrogen) atoms. The van der Waals surface area contributed by atoms with Crippen LogP contribution in [0, 0.1) is 0 Å². The van der Waals surface area contributed by atoms with Crippen molar-refractivity contribution in [1.29, 1.82) is 0 Å². The van der Waals surface area contributed by atoms with Crippen LogP contribution in [0.25, 0.3) is 0 Å². The zero-order valence-corrected chi connectivity index (χ0v) is 44.2. The minimum absolute atomic E-state index is 0.0142. The Morgan fingerprint density at radius 1 is 0.537 bits per heavy atom. The van der Waals surface area contributed by atoms with E-state index in [0.29, 0.717) is 0 Å². The standard InChI is InChI=1S/C43H72N18O21/c1-18(66)33(41(80)52-12-29(69)54-21(9-28(46)68)37(76)57-20(42(81)82)4-2-6-49-43(47)48)60-39(78)25(17-65)56-31(71)11-51-40(79)26-5-3-7-61(26)32(72)13-53-36(75)23(15-63)59-38(77)24(16-64)55-30(70)10-50-35(74)22(14-62)58-34(73)19(44)8-27(45)67/h18-26,33,62-66H,2-17,44H2,1H3,(H2,45,67)(H2,46,68)(H,50,74)(H,51,79)(H,52,80)(H,53,75)(H,54,69)(H,55,70)(H,56,71)(H,57,76)(H,58,73)(H,59,77)(H,60,78)(H,81,82)(H4,47,48,49)/t18-,19+,20+,21+,22+,23+,24+,25+,26+,33+/m1/s1. The molecule has 0 saturated carbocycles. The van der Waals surface area contributed by atoms with Crippen LogP contribution < -0.4 is 87.2 Å². The van der Waals surface area contributed by atoms with E-state index < -0.39 is 215 Å². The lowest BCUT2D eigenvalue weighted by atomic mass is 10.1. The Morgan fingerprint density at radius 2 is 0.963 bits per heavy atom. The third kappa shape index (κ3) is 25.9. The third-order valence-electron chi connectivity index (χ3n) is 11.3. The first-order valence-electron chi connectivity index (χ1n) is 24.7. The van der Waals surface area contributed by atoms with Crippen molar-refractivity contribution in [2.45, 2.75) is 106 Å². The zero-order valence-electron chi connectivity index (χ0n) is 44.2. The summed E-state index contributed by atoms with van der Waals surface area (Å²) < 4.78 is 0. The number of carbonyl (C=O) groups is 15. The summed E-state index contributed by atoms with van der Waals surface area (Å²) in [5.41, 5.74) is 26.1. The molecule has 10 atom stereocenters. The predicted octanol–water partition coefficient (Wildman–Crippen LogP) is -15.6. The van der Waals surface area contributed by atoms with E-state index in [1.165, 1.54) is 0 Å². The molecule has 0 spiro atoms. The second kappa shape index (κ2) is 36.4. The Morgan fingerprint density at radius 3 is 1.44 bits per heavy atom. The van der Waals surface area contributed by atoms with E-state index in [0.717, 1.165) is 11.8 Å². The molecule has 0 aromatic carbocycles. The number of guanidine groups is 1. The van der Waals surface area contributed by atoms with Crippen molar-refractivity contribution in [3.8, 4) is 0 Å². The number of hydrogen-bond acceptors (Lipinski definition) is 22. The first kappa shape index (κ1) is 71.1. The topological polar surface area (TPSA) is 655 Å². The normalized spacial score (nSPS) is 15.9. The molecule has 1 heterocycles. The zero-order chi connectivity index (χ0) is 62.4. The second-order valence-electron chi connectivity index (χ2n) is 17.9. The Hall–Kier alpha value is -8.92. The van der Waals surface area contributed by atoms with Gasteiger partial charge in [0.05, 0.1) is 77.6 Å². The number of aliphatic carboxylic acids is 1. The van der Waals surface area contributed by atoms with Crippen molar-refractivity contribution < 1.29 is 103 Å². The minimum Gasteiger partial charge on any atom is -0.480 e. The Kier molecular flexibility index (Phi) is 31.5. The maximum absolute atomic E-state index is 13.2. The quantitative estimate of drug-likeness (QED) is 0.0156. The number of likely N-dealkylation sites (tertiary alicyclic amines) is 1. The van der Waals surface area contributed by atoms with Crippen molar-refractivity contribution in [2.24, 2.45) is 33.7 Å². The number of carboxylic acids is 1. The second-order valence-corrected chi connectivity index (χ2v) is 17.9. The van der Waals surface area contributed by atoms with Crippen LogP contribution in [0.3, 0.4) is 0 Å². The summed E-state index contributed by atoms with van der Waals surface area (Å²) in [7, 11) is 0. The fraction of sp³-hybridized carbons (Fsp3) is 0.628. The number of rotatable bonds is 37. The number of aliphatic imine (C=N–C) groups is 1. The van der Waals surface area contributed by atoms with Gasteiger partial charge in [-0.3, -0.25) is 72.1 Å². The maximum atomic E-state index is 13.2. The van der Waals surface area contributed by atoms with Crippen molar-refractivity contribution in [1.82, 2.24) is 63.4 Å². The van der Waals surface area contributed by atoms with E-state index in [9.17, 15) is 103 Å². The summed E-state index contributed by atoms with van der Waals surface area (Å²) in [5.74, 6) is -16.9. The van der Waals surface area contributed by atoms with E-state index in [2.05, 4.69) is 42.2 Å². The molecular weight excluding hydrogens is 1100 g/mol. The van der Waals surface area contributed by atoms with E-state index in [1.54, 1.807) is 0 Å². The van der Waals surface area contributed by atoms with Crippen LogP contribution in [-0.2, 0) is 71.9 Å². The van der Waals surface area contributed by atoms with Gasteiger partial charge in [0.2, 0.25) is 82.7 Å². The van der Waals surface area contributed by atoms with Crippen LogP contribution in [0.1, 0.15) is 45.4 Å². The predicted molar refractivity (Wildman–Crippen MR) is 273 cm³/mol. The number of hydrogen-bond donors (Lipinski definition) is 22. The van der Waals surface area contributed by atoms with Crippen LogP contribution in [-0.4, -0.2) is 256 Å². The maximum Gasteiger partial charge on any atom is 0.326 e. The van der Waals surface area contributed by atoms with E-state index >= 15 is 0 Å². The molecule has 0 aliphatic carbocycles. The number of nitrogens with two attached hydrogens (primary N) is 5. The Bertz CT molecular complexity index is 2360. The highest BCUT2D eigenvalue weighted by atomic mass is 16.4. The van der Waals surface area contributed by atoms with Crippen LogP contribution >= 0.6 is 0 Å². The first-order chi connectivity index (χ1) is 38.5. The molecule has 14 amide bonds. The molecule has 1 rings (SSSR count). The average Bonchev–Trinajstić information content (AvgIpc) is 3.91. The number of nitrogens with one attached hydrogen (secondary N) is 11. The lowest BCUT2D eigenvalue weighted by Gasteiger charge is -2.25. The number of carboxylic acid groups (broad SMARTS) is 1. The van der Waals surface area contributed by atoms with E-state index in [-0.39, 0.29) is 44.7 Å². The third-order valence-corrected chi connectivity index (χ3v) is 11.3. The highest BCUT2D eigenvalue weighted by molar-refractivity contribution is 5.99. The van der Waals surface area contributed by atoms with Gasteiger partial charge in [-0.1, -0.05) is 0 Å². The summed E-state index contributed by atoms with van der Waals surface area (Å²) in [6, 6.07) is -14.8. The number of aliphatic hydroxyl groups is 5. The summed E-state index contributed by atoms with van der Waals surface area (Å²) in [5, 5.41) is 81.8. The lowest BCUT2D eigenvalue weighted by Crippen LogP contribution is -2.59. The van der Waals surface area contributed by atoms with Gasteiger partial charge in [-0.05, 0) is 32.6 Å². The molecule has 1 aliphatic heterocycles. The van der Waals surface area contributed by atoms with Gasteiger partial charge < -0.3 is 123 Å². The summed E-state index contributed by atoms with van der Waals surface area (Å²) in [6.45, 7) is -6.64. The van der Waals surface area contributed by atoms with Gasteiger partial charge >= 0.3 is 5.97 Å². The van der Waals surface area contributed by atoms with Crippen molar-refractivity contribution in [3.63, 3.8) is 0 Å². The number of nitrogens with zero attached hydrogens (tertiary/aromatic N) is 2. The molecule has 460 valence electrons. The van der Waals surface area contributed by atoms with Gasteiger partial charge in [0.25, 0.3) is 0 Å². The molecule has 39 nitrogen and oxygen atoms in total. The Labute approximate surface area is 465 Å². The van der Waals surface area contributed by atoms with Crippen LogP contribution in [0.15, 0.2) is 4.99 Å². The molecule has 1 saturated heterocycles. The summed E-state index contributed by atoms with van der Waals surface area (Å²) in [4.78, 5) is 193. The van der Waals surface area contributed by atoms with Crippen molar-refractivity contribution in [2.75, 3.05) is 65.7 Å². The molecule has 0 aromatic rings. The largest absolute Gasteiger partial charge is 0.480 e. The van der Waals surface area contributed by atoms with Gasteiger partial charge in [0.1, 0.15) is 48.3 Å². The van der Waals surface area contributed by atoms with E-state index in [4.69, 9.17) is 28.7 Å². The molecule has 1 aliphatic rings. The fourth-order valence-electron chi connectivity index (χ4n) is 7.05. The number of carbonyl (C=O) groups excluding carboxylic acids is 14. The van der Waals surface area contributed by atoms with Gasteiger partial charge in [-0.25, -0.2) is 4.79 Å². The lowest BCUT2D eigenvalue weighted by molar-refractivity contribution is -0.142. The van der Waals surface area contributed by atoms with Crippen molar-refractivity contribution >= 4 is 94.6 Å². The van der Waals surface area contributed by atoms with Gasteiger partial charge in [-0.15, -0.1) is 0 Å². The number of amides is 14. The fourth-order valence-corrected chi connectivity index (χ4v) is 7.05. The van der Waals surface area contributed by atoms with Crippen molar-refractivity contribution in [3.05, 3.63) is 0 Å². The summed E-state index contributed by atoms with van der Waals surface area (Å²) >= 11 is 0. The number of aliphatic hydroxyl groups excluding tert-OH is 5. The average molecular weight is 1180 g/mol. The molecule has 0 bridgehead atoms. The van der Waals surface area contributed by atoms with Gasteiger partial charge in [-0.2, -0.15) is 0 Å². The number of primary amides is 2. The molecule has 0 unspecified atom stereocenters. The van der Waals surface area contributed by atoms with E-state index in [1.807, 2.05) is 21.3 Å². The SMILES string of the molecule is C[C@@H](O)[C@H](NC(=O)[C@H](CO)NC(=O)CNC(=O)[C@@H]1CCCN1C(=O)CNC(=O)[C@H](CO)NC(=O)[C@H](CO)NC(=O)CNC(=O)[C@H](CO)NC(=O)[C@@H](N)CC(N)=O)C(=O)NCC(=O)N[C@@H](CC(N)=O)C(=O)N[C@@H](CCCN=C(N)N)C(=O)O. The molecule has 0 radical (unpaired) electrons. The van der Waals surface area contributed by atoms with Crippen LogP contribution in [0.2, 0.25) is 0 Å². The highest BCUT2D eigenvalue weighted by Gasteiger charge is 2.36. The molecule has 27 N–H and O–H groups in total. The Balaban J connectivity index is 2.77. The summed E-state index contributed by atoms with van der Waals surface area (Å²) in [6.07, 6.45) is -2.81. The van der Waals surface area contributed by atoms with Crippen LogP contribution in [0.5, 0.6) is 0 Å². The van der Waals surface area contributed by atoms with Crippen LogP contribution in [0.4, 0.5) is 0 Å². The first-order valence-corrected chi connectivity index (χ1v) is 24.7. The molecule has 39 heteroatoms. The molecular formula is C43H72N18O21.